The van der Waals surface area contributed by atoms with Crippen LogP contribution in [-0.2, 0) is 0 Å². The van der Waals surface area contributed by atoms with E-state index in [-0.39, 0.29) is 5.91 Å². The van der Waals surface area contributed by atoms with Crippen molar-refractivity contribution in [3.63, 3.8) is 0 Å². The van der Waals surface area contributed by atoms with Gasteiger partial charge in [0.2, 0.25) is 0 Å². The van der Waals surface area contributed by atoms with Crippen molar-refractivity contribution in [2.24, 2.45) is 11.7 Å². The lowest BCUT2D eigenvalue weighted by Gasteiger charge is -2.14. The molecule has 1 unspecified atom stereocenters. The molecule has 3 rings (SSSR count). The van der Waals surface area contributed by atoms with Crippen LogP contribution in [0.15, 0.2) is 30.5 Å². The van der Waals surface area contributed by atoms with E-state index in [0.717, 1.165) is 30.1 Å². The predicted molar refractivity (Wildman–Crippen MR) is 85.6 cm³/mol. The fourth-order valence-corrected chi connectivity index (χ4v) is 3.70. The summed E-state index contributed by atoms with van der Waals surface area (Å²) in [6.45, 7) is 2.16. The van der Waals surface area contributed by atoms with E-state index in [1.807, 2.05) is 29.2 Å². The van der Waals surface area contributed by atoms with E-state index >= 15 is 0 Å². The van der Waals surface area contributed by atoms with E-state index in [0.29, 0.717) is 22.4 Å². The molecule has 6 heteroatoms. The molecule has 1 aromatic heterocycles. The van der Waals surface area contributed by atoms with E-state index in [4.69, 9.17) is 17.3 Å². The van der Waals surface area contributed by atoms with Crippen LogP contribution in [0.5, 0.6) is 0 Å². The molecule has 21 heavy (non-hydrogen) atoms. The highest BCUT2D eigenvalue weighted by molar-refractivity contribution is 7.17. The molecule has 0 bridgehead atoms. The smallest absolute Gasteiger partial charge is 0.265 e. The summed E-state index contributed by atoms with van der Waals surface area (Å²) in [5, 5.41) is 1.42. The number of thiazole rings is 1. The van der Waals surface area contributed by atoms with Gasteiger partial charge in [-0.15, -0.1) is 11.3 Å². The number of rotatable bonds is 3. The molecule has 0 radical (unpaired) electrons. The Bertz CT molecular complexity index is 658. The van der Waals surface area contributed by atoms with Gasteiger partial charge in [-0.1, -0.05) is 29.8 Å². The molecule has 0 spiro atoms. The van der Waals surface area contributed by atoms with Gasteiger partial charge in [0.1, 0.15) is 9.88 Å². The second kappa shape index (κ2) is 6.13. The highest BCUT2D eigenvalue weighted by Crippen LogP contribution is 2.31. The third-order valence-corrected chi connectivity index (χ3v) is 5.08. The molecule has 0 saturated carbocycles. The van der Waals surface area contributed by atoms with E-state index in [1.165, 1.54) is 11.3 Å². The highest BCUT2D eigenvalue weighted by atomic mass is 35.5. The average Bonchev–Trinajstić information content (AvgIpc) is 3.16. The van der Waals surface area contributed by atoms with Crippen LogP contribution >= 0.6 is 22.9 Å². The van der Waals surface area contributed by atoms with Crippen LogP contribution in [0.25, 0.3) is 10.6 Å². The number of hydrogen-bond donors (Lipinski definition) is 1. The molecule has 4 nitrogen and oxygen atoms in total. The maximum Gasteiger partial charge on any atom is 0.265 e. The largest absolute Gasteiger partial charge is 0.338 e. The third kappa shape index (κ3) is 2.95. The van der Waals surface area contributed by atoms with Gasteiger partial charge < -0.3 is 10.6 Å². The first-order valence-electron chi connectivity index (χ1n) is 6.89. The number of hydrogen-bond acceptors (Lipinski definition) is 4. The number of likely N-dealkylation sites (tertiary alicyclic amines) is 1. The topological polar surface area (TPSA) is 59.2 Å². The number of amides is 1. The molecule has 0 aliphatic carbocycles. The number of carbonyl (C=O) groups excluding carboxylic acids is 1. The van der Waals surface area contributed by atoms with Gasteiger partial charge in [0.15, 0.2) is 0 Å². The fraction of sp³-hybridized carbons (Fsp3) is 0.333. The maximum absolute atomic E-state index is 12.5. The number of carbonyl (C=O) groups is 1. The van der Waals surface area contributed by atoms with E-state index in [1.54, 1.807) is 6.20 Å². The normalized spacial score (nSPS) is 18.2. The zero-order valence-electron chi connectivity index (χ0n) is 11.5. The SMILES string of the molecule is NCC1CCN(C(=O)c2cnc(-c3ccccc3Cl)s2)C1. The monoisotopic (exact) mass is 321 g/mol. The Hall–Kier alpha value is -1.43. The van der Waals surface area contributed by atoms with E-state index in [9.17, 15) is 4.79 Å². The van der Waals surface area contributed by atoms with Crippen molar-refractivity contribution in [2.75, 3.05) is 19.6 Å². The Morgan fingerprint density at radius 3 is 3.00 bits per heavy atom. The van der Waals surface area contributed by atoms with Gasteiger partial charge in [0.05, 0.1) is 11.2 Å². The summed E-state index contributed by atoms with van der Waals surface area (Å²) in [5.41, 5.74) is 6.53. The minimum absolute atomic E-state index is 0.0433. The zero-order chi connectivity index (χ0) is 14.8. The molecule has 2 heterocycles. The minimum atomic E-state index is 0.0433. The lowest BCUT2D eigenvalue weighted by molar-refractivity contribution is 0.0792. The standard InChI is InChI=1S/C15H16ClN3OS/c16-12-4-2-1-3-11(12)14-18-8-13(21-14)15(20)19-6-5-10(7-17)9-19/h1-4,8,10H,5-7,9,17H2. The van der Waals surface area contributed by atoms with Gasteiger partial charge >= 0.3 is 0 Å². The van der Waals surface area contributed by atoms with Crippen LogP contribution in [0.1, 0.15) is 16.1 Å². The van der Waals surface area contributed by atoms with Gasteiger partial charge in [0, 0.05) is 18.7 Å². The van der Waals surface area contributed by atoms with Crippen LogP contribution in [-0.4, -0.2) is 35.4 Å². The van der Waals surface area contributed by atoms with Gasteiger partial charge in [-0.05, 0) is 24.9 Å². The number of nitrogens with zero attached hydrogens (tertiary/aromatic N) is 2. The summed E-state index contributed by atoms with van der Waals surface area (Å²) in [4.78, 5) is 19.3. The lowest BCUT2D eigenvalue weighted by atomic mass is 10.1. The number of aromatic nitrogens is 1. The van der Waals surface area contributed by atoms with Crippen molar-refractivity contribution in [3.05, 3.63) is 40.4 Å². The third-order valence-electron chi connectivity index (χ3n) is 3.73. The Morgan fingerprint density at radius 1 is 1.48 bits per heavy atom. The van der Waals surface area contributed by atoms with Crippen molar-refractivity contribution in [1.82, 2.24) is 9.88 Å². The lowest BCUT2D eigenvalue weighted by Crippen LogP contribution is -2.29. The second-order valence-electron chi connectivity index (χ2n) is 5.15. The van der Waals surface area contributed by atoms with Gasteiger partial charge in [0.25, 0.3) is 5.91 Å². The van der Waals surface area contributed by atoms with E-state index < -0.39 is 0 Å². The quantitative estimate of drug-likeness (QED) is 0.945. The summed E-state index contributed by atoms with van der Waals surface area (Å²) >= 11 is 7.56. The van der Waals surface area contributed by atoms with Crippen molar-refractivity contribution in [1.29, 1.82) is 0 Å². The Labute approximate surface area is 132 Å². The predicted octanol–water partition coefficient (Wildman–Crippen LogP) is 2.88. The van der Waals surface area contributed by atoms with Crippen LogP contribution in [0, 0.1) is 5.92 Å². The zero-order valence-corrected chi connectivity index (χ0v) is 13.0. The van der Waals surface area contributed by atoms with Crippen LogP contribution in [0.3, 0.4) is 0 Å². The van der Waals surface area contributed by atoms with Crippen LogP contribution < -0.4 is 5.73 Å². The molecule has 1 amide bonds. The molecule has 2 N–H and O–H groups in total. The first-order valence-corrected chi connectivity index (χ1v) is 8.08. The summed E-state index contributed by atoms with van der Waals surface area (Å²) < 4.78 is 0. The van der Waals surface area contributed by atoms with Crippen LogP contribution in [0.4, 0.5) is 0 Å². The number of benzene rings is 1. The summed E-state index contributed by atoms with van der Waals surface area (Å²) in [6, 6.07) is 7.53. The fourth-order valence-electron chi connectivity index (χ4n) is 2.50. The van der Waals surface area contributed by atoms with Crippen LogP contribution in [0.2, 0.25) is 5.02 Å². The van der Waals surface area contributed by atoms with Gasteiger partial charge in [-0.3, -0.25) is 4.79 Å². The van der Waals surface area contributed by atoms with Gasteiger partial charge in [-0.25, -0.2) is 4.98 Å². The van der Waals surface area contributed by atoms with Crippen molar-refractivity contribution < 1.29 is 4.79 Å². The van der Waals surface area contributed by atoms with Crippen molar-refractivity contribution in [2.45, 2.75) is 6.42 Å². The maximum atomic E-state index is 12.5. The molecule has 1 aromatic carbocycles. The molecule has 1 atom stereocenters. The molecular weight excluding hydrogens is 306 g/mol. The number of nitrogens with two attached hydrogens (primary N) is 1. The average molecular weight is 322 g/mol. The summed E-state index contributed by atoms with van der Waals surface area (Å²) in [6.07, 6.45) is 2.62. The summed E-state index contributed by atoms with van der Waals surface area (Å²) in [5.74, 6) is 0.465. The molecule has 2 aromatic rings. The van der Waals surface area contributed by atoms with E-state index in [2.05, 4.69) is 4.98 Å². The molecule has 1 aliphatic heterocycles. The van der Waals surface area contributed by atoms with Crippen molar-refractivity contribution in [3.8, 4) is 10.6 Å². The molecule has 110 valence electrons. The van der Waals surface area contributed by atoms with Crippen molar-refractivity contribution >= 4 is 28.8 Å². The minimum Gasteiger partial charge on any atom is -0.338 e. The molecule has 1 saturated heterocycles. The first-order chi connectivity index (χ1) is 10.2. The van der Waals surface area contributed by atoms with Gasteiger partial charge in [-0.2, -0.15) is 0 Å². The molecular formula is C15H16ClN3OS. The Balaban J connectivity index is 1.79. The Morgan fingerprint density at radius 2 is 2.29 bits per heavy atom. The number of halogens is 1. The molecule has 1 fully saturated rings. The second-order valence-corrected chi connectivity index (χ2v) is 6.59. The Kier molecular flexibility index (Phi) is 4.24. The first kappa shape index (κ1) is 14.5. The molecule has 1 aliphatic rings. The highest BCUT2D eigenvalue weighted by Gasteiger charge is 2.27. The summed E-state index contributed by atoms with van der Waals surface area (Å²) in [7, 11) is 0.